The van der Waals surface area contributed by atoms with Crippen LogP contribution >= 0.6 is 0 Å². The van der Waals surface area contributed by atoms with Gasteiger partial charge in [0.15, 0.2) is 0 Å². The Morgan fingerprint density at radius 2 is 2.05 bits per heavy atom. The minimum Gasteiger partial charge on any atom is -0.370 e. The first-order valence-electron chi connectivity index (χ1n) is 6.56. The van der Waals surface area contributed by atoms with Gasteiger partial charge in [-0.15, -0.1) is 0 Å². The Hall–Kier alpha value is -2.45. The van der Waals surface area contributed by atoms with Crippen LogP contribution in [0.2, 0.25) is 0 Å². The normalized spacial score (nSPS) is 11.0. The number of carbonyl (C=O) groups is 1. The molecule has 1 amide bonds. The summed E-state index contributed by atoms with van der Waals surface area (Å²) in [7, 11) is 0. The fraction of sp³-hybridized carbons (Fsp3) is 0.583. The largest absolute Gasteiger partial charge is 0.370 e. The van der Waals surface area contributed by atoms with Crippen molar-refractivity contribution in [1.29, 1.82) is 0 Å². The van der Waals surface area contributed by atoms with Crippen LogP contribution in [0.25, 0.3) is 0 Å². The summed E-state index contributed by atoms with van der Waals surface area (Å²) in [5.74, 6) is -0.303. The number of carbonyl (C=O) groups excluding carboxylic acids is 1. The van der Waals surface area contributed by atoms with Crippen molar-refractivity contribution in [3.05, 3.63) is 16.4 Å². The molecule has 0 aliphatic rings. The van der Waals surface area contributed by atoms with Crippen LogP contribution in [0.5, 0.6) is 0 Å². The van der Waals surface area contributed by atoms with Crippen molar-refractivity contribution in [3.8, 4) is 0 Å². The van der Waals surface area contributed by atoms with E-state index in [9.17, 15) is 14.9 Å². The first kappa shape index (κ1) is 16.6. The van der Waals surface area contributed by atoms with Crippen molar-refractivity contribution >= 4 is 23.2 Å². The highest BCUT2D eigenvalue weighted by atomic mass is 16.6. The lowest BCUT2D eigenvalue weighted by Gasteiger charge is -2.25. The highest BCUT2D eigenvalue weighted by molar-refractivity contribution is 5.76. The summed E-state index contributed by atoms with van der Waals surface area (Å²) in [4.78, 5) is 29.5. The highest BCUT2D eigenvalue weighted by Gasteiger charge is 2.28. The first-order valence-corrected chi connectivity index (χ1v) is 6.56. The van der Waals surface area contributed by atoms with E-state index in [0.29, 0.717) is 6.54 Å². The van der Waals surface area contributed by atoms with Gasteiger partial charge in [-0.2, -0.15) is 0 Å². The third kappa shape index (κ3) is 4.86. The lowest BCUT2D eigenvalue weighted by molar-refractivity contribution is -0.383. The molecule has 1 heterocycles. The van der Waals surface area contributed by atoms with Crippen LogP contribution in [0.4, 0.5) is 17.3 Å². The number of hydrogen-bond donors (Lipinski definition) is 3. The zero-order valence-corrected chi connectivity index (χ0v) is 12.3. The van der Waals surface area contributed by atoms with Crippen molar-refractivity contribution in [1.82, 2.24) is 9.97 Å². The van der Waals surface area contributed by atoms with Crippen LogP contribution in [0, 0.1) is 10.1 Å². The van der Waals surface area contributed by atoms with E-state index in [4.69, 9.17) is 5.73 Å². The lowest BCUT2D eigenvalue weighted by Crippen LogP contribution is -2.36. The number of anilines is 2. The summed E-state index contributed by atoms with van der Waals surface area (Å²) >= 11 is 0. The summed E-state index contributed by atoms with van der Waals surface area (Å²) < 4.78 is 0. The smallest absolute Gasteiger partial charge is 0.353 e. The minimum absolute atomic E-state index is 0.0197. The van der Waals surface area contributed by atoms with Gasteiger partial charge in [0, 0.05) is 18.5 Å². The Labute approximate surface area is 122 Å². The van der Waals surface area contributed by atoms with Gasteiger partial charge in [-0.25, -0.2) is 9.97 Å². The monoisotopic (exact) mass is 296 g/mol. The molecule has 0 aromatic carbocycles. The standard InChI is InChI=1S/C12H20N6O3/c1-4-5-14-10-9(18(20)21)11(16-7-15-10)17-12(2,3)6-8(13)19/h7H,4-6H2,1-3H3,(H2,13,19)(H2,14,15,16,17). The number of nitrogens with two attached hydrogens (primary N) is 1. The molecule has 1 aromatic heterocycles. The second kappa shape index (κ2) is 6.82. The van der Waals surface area contributed by atoms with E-state index in [2.05, 4.69) is 20.6 Å². The van der Waals surface area contributed by atoms with E-state index >= 15 is 0 Å². The molecule has 0 aliphatic carbocycles. The molecule has 4 N–H and O–H groups in total. The maximum absolute atomic E-state index is 11.3. The predicted molar refractivity (Wildman–Crippen MR) is 79.0 cm³/mol. The van der Waals surface area contributed by atoms with Crippen LogP contribution < -0.4 is 16.4 Å². The summed E-state index contributed by atoms with van der Waals surface area (Å²) in [6.45, 7) is 5.92. The van der Waals surface area contributed by atoms with Gasteiger partial charge in [0.2, 0.25) is 17.5 Å². The Morgan fingerprint density at radius 1 is 1.43 bits per heavy atom. The number of amides is 1. The second-order valence-corrected chi connectivity index (χ2v) is 5.26. The van der Waals surface area contributed by atoms with Crippen LogP contribution in [0.15, 0.2) is 6.33 Å². The van der Waals surface area contributed by atoms with Gasteiger partial charge in [-0.3, -0.25) is 14.9 Å². The number of nitro groups is 1. The predicted octanol–water partition coefficient (Wildman–Crippen LogP) is 1.27. The van der Waals surface area contributed by atoms with Crippen molar-refractivity contribution < 1.29 is 9.72 Å². The van der Waals surface area contributed by atoms with Gasteiger partial charge in [-0.1, -0.05) is 6.92 Å². The second-order valence-electron chi connectivity index (χ2n) is 5.26. The minimum atomic E-state index is -0.757. The number of hydrogen-bond acceptors (Lipinski definition) is 7. The van der Waals surface area contributed by atoms with Crippen LogP contribution in [-0.2, 0) is 4.79 Å². The first-order chi connectivity index (χ1) is 9.76. The molecule has 0 unspecified atom stereocenters. The molecule has 0 bridgehead atoms. The fourth-order valence-corrected chi connectivity index (χ4v) is 1.82. The average Bonchev–Trinajstić information content (AvgIpc) is 2.33. The van der Waals surface area contributed by atoms with Crippen molar-refractivity contribution in [2.75, 3.05) is 17.2 Å². The van der Waals surface area contributed by atoms with Crippen molar-refractivity contribution in [3.63, 3.8) is 0 Å². The molecule has 0 spiro atoms. The lowest BCUT2D eigenvalue weighted by atomic mass is 10.0. The number of aromatic nitrogens is 2. The molecule has 0 aliphatic heterocycles. The van der Waals surface area contributed by atoms with E-state index in [1.807, 2.05) is 6.92 Å². The summed E-state index contributed by atoms with van der Waals surface area (Å²) in [5.41, 5.74) is 4.16. The number of rotatable bonds is 8. The Kier molecular flexibility index (Phi) is 5.39. The van der Waals surface area contributed by atoms with Gasteiger partial charge in [0.25, 0.3) is 0 Å². The van der Waals surface area contributed by atoms with Crippen LogP contribution in [0.3, 0.4) is 0 Å². The number of nitrogens with one attached hydrogen (secondary N) is 2. The number of primary amides is 1. The molecule has 0 saturated heterocycles. The summed E-state index contributed by atoms with van der Waals surface area (Å²) in [6.07, 6.45) is 2.05. The maximum Gasteiger partial charge on any atom is 0.353 e. The molecule has 21 heavy (non-hydrogen) atoms. The van der Waals surface area contributed by atoms with Gasteiger partial charge in [0.1, 0.15) is 6.33 Å². The summed E-state index contributed by atoms with van der Waals surface area (Å²) in [5, 5.41) is 17.0. The van der Waals surface area contributed by atoms with Crippen molar-refractivity contribution in [2.24, 2.45) is 5.73 Å². The third-order valence-electron chi connectivity index (χ3n) is 2.62. The van der Waals surface area contributed by atoms with E-state index in [1.165, 1.54) is 6.33 Å². The Morgan fingerprint density at radius 3 is 2.57 bits per heavy atom. The Bertz CT molecular complexity index is 532. The Balaban J connectivity index is 3.11. The molecule has 0 atom stereocenters. The van der Waals surface area contributed by atoms with Gasteiger partial charge < -0.3 is 16.4 Å². The van der Waals surface area contributed by atoms with E-state index in [1.54, 1.807) is 13.8 Å². The maximum atomic E-state index is 11.3. The van der Waals surface area contributed by atoms with E-state index in [0.717, 1.165) is 6.42 Å². The zero-order valence-electron chi connectivity index (χ0n) is 12.3. The molecule has 0 fully saturated rings. The van der Waals surface area contributed by atoms with Crippen LogP contribution in [-0.4, -0.2) is 32.9 Å². The molecule has 0 saturated carbocycles. The molecular weight excluding hydrogens is 276 g/mol. The highest BCUT2D eigenvalue weighted by Crippen LogP contribution is 2.31. The molecular formula is C12H20N6O3. The van der Waals surface area contributed by atoms with Gasteiger partial charge >= 0.3 is 5.69 Å². The number of nitrogens with zero attached hydrogens (tertiary/aromatic N) is 3. The molecule has 1 aromatic rings. The van der Waals surface area contributed by atoms with Crippen LogP contribution in [0.1, 0.15) is 33.6 Å². The van der Waals surface area contributed by atoms with Crippen molar-refractivity contribution in [2.45, 2.75) is 39.2 Å². The molecule has 1 rings (SSSR count). The molecule has 9 heteroatoms. The molecule has 0 radical (unpaired) electrons. The average molecular weight is 296 g/mol. The van der Waals surface area contributed by atoms with E-state index < -0.39 is 16.4 Å². The summed E-state index contributed by atoms with van der Waals surface area (Å²) in [6, 6.07) is 0. The fourth-order valence-electron chi connectivity index (χ4n) is 1.82. The van der Waals surface area contributed by atoms with Gasteiger partial charge in [0.05, 0.1) is 4.92 Å². The zero-order chi connectivity index (χ0) is 16.0. The third-order valence-corrected chi connectivity index (χ3v) is 2.62. The van der Waals surface area contributed by atoms with E-state index in [-0.39, 0.29) is 23.7 Å². The van der Waals surface area contributed by atoms with Gasteiger partial charge in [-0.05, 0) is 20.3 Å². The SMILES string of the molecule is CCCNc1ncnc(NC(C)(C)CC(N)=O)c1[N+](=O)[O-]. The molecule has 9 nitrogen and oxygen atoms in total. The molecule has 116 valence electrons. The topological polar surface area (TPSA) is 136 Å². The quantitative estimate of drug-likeness (QED) is 0.485.